The number of nitrogens with zero attached hydrogens (tertiary/aromatic N) is 2. The molecule has 150 valence electrons. The average Bonchev–Trinajstić information content (AvgIpc) is 2.68. The lowest BCUT2D eigenvalue weighted by Gasteiger charge is -2.26. The number of carbonyl (C=O) groups excluding carboxylic acids is 1. The Morgan fingerprint density at radius 1 is 1.14 bits per heavy atom. The van der Waals surface area contributed by atoms with Crippen LogP contribution in [0, 0.1) is 0 Å². The van der Waals surface area contributed by atoms with Crippen molar-refractivity contribution < 1.29 is 17.9 Å². The van der Waals surface area contributed by atoms with Crippen LogP contribution in [0.4, 0.5) is 11.4 Å². The number of morpholine rings is 1. The molecule has 2 N–H and O–H groups in total. The van der Waals surface area contributed by atoms with Gasteiger partial charge in [0, 0.05) is 30.7 Å². The predicted octanol–water partition coefficient (Wildman–Crippen LogP) is 2.46. The van der Waals surface area contributed by atoms with E-state index in [2.05, 4.69) is 15.6 Å². The Balaban J connectivity index is 1.68. The first-order valence-electron chi connectivity index (χ1n) is 8.39. The van der Waals surface area contributed by atoms with Gasteiger partial charge in [0.1, 0.15) is 10.0 Å². The molecule has 0 radical (unpaired) electrons. The van der Waals surface area contributed by atoms with Crippen LogP contribution in [0.25, 0.3) is 0 Å². The lowest BCUT2D eigenvalue weighted by atomic mass is 10.3. The van der Waals surface area contributed by atoms with E-state index in [1.54, 1.807) is 12.1 Å². The highest BCUT2D eigenvalue weighted by atomic mass is 35.5. The summed E-state index contributed by atoms with van der Waals surface area (Å²) in [5.41, 5.74) is 0.970. The summed E-state index contributed by atoms with van der Waals surface area (Å²) < 4.78 is 32.2. The summed E-state index contributed by atoms with van der Waals surface area (Å²) in [6.45, 7) is 1.15. The van der Waals surface area contributed by atoms with Gasteiger partial charge in [-0.3, -0.25) is 4.79 Å². The third-order valence-corrected chi connectivity index (χ3v) is 6.57. The molecule has 1 saturated heterocycles. The van der Waals surface area contributed by atoms with Crippen LogP contribution in [0.2, 0.25) is 10.2 Å². The molecule has 3 rings (SSSR count). The molecule has 0 aliphatic carbocycles. The number of carbonyl (C=O) groups is 1. The molecule has 1 aromatic carbocycles. The Kier molecular flexibility index (Phi) is 6.73. The number of nitrogens with one attached hydrogen (secondary N) is 2. The SMILES string of the molecule is O=C(CNc1ccc(Cl)c(S(=O)(=O)N2CCOCC2)c1)Nc1ccnc(Cl)c1. The second kappa shape index (κ2) is 9.06. The Bertz CT molecular complexity index is 965. The third-order valence-electron chi connectivity index (χ3n) is 3.98. The molecule has 28 heavy (non-hydrogen) atoms. The lowest BCUT2D eigenvalue weighted by Crippen LogP contribution is -2.40. The Morgan fingerprint density at radius 2 is 1.89 bits per heavy atom. The number of hydrogen-bond acceptors (Lipinski definition) is 6. The summed E-state index contributed by atoms with van der Waals surface area (Å²) in [7, 11) is -3.75. The fraction of sp³-hybridized carbons (Fsp3) is 0.294. The van der Waals surface area contributed by atoms with Gasteiger partial charge in [0.05, 0.1) is 24.8 Å². The predicted molar refractivity (Wildman–Crippen MR) is 107 cm³/mol. The van der Waals surface area contributed by atoms with Crippen molar-refractivity contribution in [1.29, 1.82) is 0 Å². The van der Waals surface area contributed by atoms with Crippen LogP contribution in [-0.2, 0) is 19.6 Å². The molecule has 1 aliphatic rings. The van der Waals surface area contributed by atoms with Gasteiger partial charge < -0.3 is 15.4 Å². The van der Waals surface area contributed by atoms with Gasteiger partial charge in [-0.2, -0.15) is 4.31 Å². The number of pyridine rings is 1. The van der Waals surface area contributed by atoms with Gasteiger partial charge in [0.25, 0.3) is 0 Å². The summed E-state index contributed by atoms with van der Waals surface area (Å²) >= 11 is 11.9. The number of rotatable bonds is 6. The number of amides is 1. The minimum absolute atomic E-state index is 0.0117. The van der Waals surface area contributed by atoms with E-state index in [0.29, 0.717) is 24.6 Å². The minimum Gasteiger partial charge on any atom is -0.379 e. The zero-order valence-electron chi connectivity index (χ0n) is 14.7. The van der Waals surface area contributed by atoms with Crippen molar-refractivity contribution in [2.45, 2.75) is 4.90 Å². The van der Waals surface area contributed by atoms with Crippen LogP contribution in [0.1, 0.15) is 0 Å². The molecule has 8 nitrogen and oxygen atoms in total. The van der Waals surface area contributed by atoms with Gasteiger partial charge in [0.2, 0.25) is 15.9 Å². The number of aromatic nitrogens is 1. The first kappa shape index (κ1) is 20.8. The van der Waals surface area contributed by atoms with Crippen LogP contribution in [-0.4, -0.2) is 56.5 Å². The summed E-state index contributed by atoms with van der Waals surface area (Å²) in [6.07, 6.45) is 1.48. The highest BCUT2D eigenvalue weighted by Crippen LogP contribution is 2.28. The Labute approximate surface area is 172 Å². The summed E-state index contributed by atoms with van der Waals surface area (Å²) in [4.78, 5) is 15.9. The topological polar surface area (TPSA) is 101 Å². The Morgan fingerprint density at radius 3 is 2.61 bits per heavy atom. The minimum atomic E-state index is -3.75. The molecule has 1 fully saturated rings. The molecule has 0 atom stereocenters. The maximum Gasteiger partial charge on any atom is 0.244 e. The van der Waals surface area contributed by atoms with E-state index in [9.17, 15) is 13.2 Å². The second-order valence-electron chi connectivity index (χ2n) is 5.93. The van der Waals surface area contributed by atoms with Crippen molar-refractivity contribution in [3.63, 3.8) is 0 Å². The van der Waals surface area contributed by atoms with E-state index in [1.807, 2.05) is 0 Å². The van der Waals surface area contributed by atoms with Crippen molar-refractivity contribution in [3.05, 3.63) is 46.7 Å². The van der Waals surface area contributed by atoms with Gasteiger partial charge in [-0.25, -0.2) is 13.4 Å². The van der Waals surface area contributed by atoms with Gasteiger partial charge >= 0.3 is 0 Å². The molecule has 11 heteroatoms. The quantitative estimate of drug-likeness (QED) is 0.663. The monoisotopic (exact) mass is 444 g/mol. The van der Waals surface area contributed by atoms with Gasteiger partial charge in [-0.15, -0.1) is 0 Å². The smallest absolute Gasteiger partial charge is 0.244 e. The summed E-state index contributed by atoms with van der Waals surface area (Å²) in [5, 5.41) is 5.95. The van der Waals surface area contributed by atoms with E-state index < -0.39 is 10.0 Å². The van der Waals surface area contributed by atoms with Gasteiger partial charge in [-0.05, 0) is 30.3 Å². The number of halogens is 2. The van der Waals surface area contributed by atoms with Crippen LogP contribution >= 0.6 is 23.2 Å². The first-order chi connectivity index (χ1) is 13.4. The van der Waals surface area contributed by atoms with E-state index in [4.69, 9.17) is 27.9 Å². The largest absolute Gasteiger partial charge is 0.379 e. The normalized spacial score (nSPS) is 15.2. The van der Waals surface area contributed by atoms with Gasteiger partial charge in [-0.1, -0.05) is 23.2 Å². The van der Waals surface area contributed by atoms with Crippen LogP contribution in [0.5, 0.6) is 0 Å². The van der Waals surface area contributed by atoms with Crippen LogP contribution < -0.4 is 10.6 Å². The lowest BCUT2D eigenvalue weighted by molar-refractivity contribution is -0.114. The van der Waals surface area contributed by atoms with E-state index in [-0.39, 0.29) is 40.6 Å². The summed E-state index contributed by atoms with van der Waals surface area (Å²) in [5.74, 6) is -0.324. The molecule has 0 bridgehead atoms. The maximum absolute atomic E-state index is 12.8. The molecule has 2 heterocycles. The van der Waals surface area contributed by atoms with Crippen molar-refractivity contribution in [1.82, 2.24) is 9.29 Å². The summed E-state index contributed by atoms with van der Waals surface area (Å²) in [6, 6.07) is 7.65. The standard InChI is InChI=1S/C17H18Cl2N4O4S/c18-14-2-1-12(9-15(14)28(25,26)23-5-7-27-8-6-23)21-11-17(24)22-13-3-4-20-16(19)10-13/h1-4,9-10,21H,5-8,11H2,(H,20,22,24). The second-order valence-corrected chi connectivity index (χ2v) is 8.63. The molecule has 0 spiro atoms. The fourth-order valence-electron chi connectivity index (χ4n) is 2.60. The number of hydrogen-bond donors (Lipinski definition) is 2. The van der Waals surface area contributed by atoms with Crippen molar-refractivity contribution >= 4 is 50.5 Å². The van der Waals surface area contributed by atoms with E-state index in [1.165, 1.54) is 28.7 Å². The molecule has 1 aliphatic heterocycles. The molecular formula is C17H18Cl2N4O4S. The highest BCUT2D eigenvalue weighted by Gasteiger charge is 2.28. The molecule has 0 unspecified atom stereocenters. The molecule has 1 aromatic heterocycles. The van der Waals surface area contributed by atoms with Crippen molar-refractivity contribution in [2.75, 3.05) is 43.5 Å². The van der Waals surface area contributed by atoms with E-state index >= 15 is 0 Å². The number of sulfonamides is 1. The number of ether oxygens (including phenoxy) is 1. The van der Waals surface area contributed by atoms with Crippen molar-refractivity contribution in [2.24, 2.45) is 0 Å². The molecule has 0 saturated carbocycles. The zero-order chi connectivity index (χ0) is 20.1. The third kappa shape index (κ3) is 5.12. The van der Waals surface area contributed by atoms with Gasteiger partial charge in [0.15, 0.2) is 0 Å². The molecule has 1 amide bonds. The zero-order valence-corrected chi connectivity index (χ0v) is 17.0. The first-order valence-corrected chi connectivity index (χ1v) is 10.6. The van der Waals surface area contributed by atoms with Crippen LogP contribution in [0.15, 0.2) is 41.4 Å². The number of anilines is 2. The fourth-order valence-corrected chi connectivity index (χ4v) is 4.69. The average molecular weight is 445 g/mol. The molecular weight excluding hydrogens is 427 g/mol. The van der Waals surface area contributed by atoms with Crippen LogP contribution in [0.3, 0.4) is 0 Å². The van der Waals surface area contributed by atoms with Crippen molar-refractivity contribution in [3.8, 4) is 0 Å². The highest BCUT2D eigenvalue weighted by molar-refractivity contribution is 7.89. The number of benzene rings is 1. The Hall–Kier alpha value is -1.91. The molecule has 2 aromatic rings. The maximum atomic E-state index is 12.8. The van der Waals surface area contributed by atoms with E-state index in [0.717, 1.165) is 0 Å².